The van der Waals surface area contributed by atoms with E-state index in [9.17, 15) is 13.2 Å². The Kier molecular flexibility index (Phi) is 2.71. The van der Waals surface area contributed by atoms with Gasteiger partial charge in [-0.1, -0.05) is 29.8 Å². The summed E-state index contributed by atoms with van der Waals surface area (Å²) < 4.78 is 37.1. The molecular formula is C11H8F3NS. The molecule has 2 rings (SSSR count). The molecule has 0 atom stereocenters. The molecule has 2 aromatic rings. The molecule has 0 bridgehead atoms. The summed E-state index contributed by atoms with van der Waals surface area (Å²) in [6.45, 7) is 1.92. The van der Waals surface area contributed by atoms with Crippen molar-refractivity contribution < 1.29 is 13.2 Å². The first-order valence-corrected chi connectivity index (χ1v) is 5.38. The maximum Gasteiger partial charge on any atom is 0.427 e. The zero-order valence-corrected chi connectivity index (χ0v) is 9.19. The zero-order valence-electron chi connectivity index (χ0n) is 8.38. The molecule has 1 aromatic heterocycles. The van der Waals surface area contributed by atoms with Gasteiger partial charge in [0, 0.05) is 5.56 Å². The standard InChI is InChI=1S/C11H8F3NS/c1-7-2-4-8(5-3-7)10-15-6-9(16-10)11(12,13)14/h2-6H,1H3. The summed E-state index contributed by atoms with van der Waals surface area (Å²) >= 11 is 0.663. The minimum atomic E-state index is -4.30. The van der Waals surface area contributed by atoms with Gasteiger partial charge in [0.2, 0.25) is 0 Å². The van der Waals surface area contributed by atoms with Gasteiger partial charge < -0.3 is 0 Å². The lowest BCUT2D eigenvalue weighted by atomic mass is 10.2. The molecule has 0 spiro atoms. The van der Waals surface area contributed by atoms with Crippen molar-refractivity contribution in [1.82, 2.24) is 4.98 Å². The maximum absolute atomic E-state index is 12.4. The highest BCUT2D eigenvalue weighted by Gasteiger charge is 2.33. The summed E-state index contributed by atoms with van der Waals surface area (Å²) in [5.41, 5.74) is 1.78. The molecule has 0 radical (unpaired) electrons. The Labute approximate surface area is 94.6 Å². The number of hydrogen-bond donors (Lipinski definition) is 0. The summed E-state index contributed by atoms with van der Waals surface area (Å²) in [6.07, 6.45) is -3.43. The highest BCUT2D eigenvalue weighted by molar-refractivity contribution is 7.15. The first kappa shape index (κ1) is 11.1. The third-order valence-electron chi connectivity index (χ3n) is 2.08. The number of benzene rings is 1. The van der Waals surface area contributed by atoms with Crippen LogP contribution in [0, 0.1) is 6.92 Å². The Bertz CT molecular complexity index is 485. The van der Waals surface area contributed by atoms with E-state index in [1.54, 1.807) is 12.1 Å². The van der Waals surface area contributed by atoms with Gasteiger partial charge in [-0.05, 0) is 6.92 Å². The number of aromatic nitrogens is 1. The number of aryl methyl sites for hydroxylation is 1. The molecule has 0 unspecified atom stereocenters. The van der Waals surface area contributed by atoms with Crippen LogP contribution in [0.3, 0.4) is 0 Å². The third-order valence-corrected chi connectivity index (χ3v) is 3.17. The number of thiazole rings is 1. The molecular weight excluding hydrogens is 235 g/mol. The first-order valence-electron chi connectivity index (χ1n) is 4.57. The molecule has 0 saturated carbocycles. The molecule has 1 heterocycles. The molecule has 1 aromatic carbocycles. The summed E-state index contributed by atoms with van der Waals surface area (Å²) in [7, 11) is 0. The Morgan fingerprint density at radius 1 is 1.12 bits per heavy atom. The van der Waals surface area contributed by atoms with Crippen LogP contribution in [-0.2, 0) is 6.18 Å². The van der Waals surface area contributed by atoms with Crippen LogP contribution >= 0.6 is 11.3 Å². The van der Waals surface area contributed by atoms with Gasteiger partial charge in [0.05, 0.1) is 6.20 Å². The van der Waals surface area contributed by atoms with E-state index in [-0.39, 0.29) is 0 Å². The van der Waals surface area contributed by atoms with Crippen molar-refractivity contribution in [3.8, 4) is 10.6 Å². The molecule has 0 aliphatic carbocycles. The number of halogens is 3. The molecule has 16 heavy (non-hydrogen) atoms. The van der Waals surface area contributed by atoms with E-state index in [4.69, 9.17) is 0 Å². The predicted molar refractivity (Wildman–Crippen MR) is 57.3 cm³/mol. The fraction of sp³-hybridized carbons (Fsp3) is 0.182. The third kappa shape index (κ3) is 2.24. The SMILES string of the molecule is Cc1ccc(-c2ncc(C(F)(F)F)s2)cc1. The second-order valence-electron chi connectivity index (χ2n) is 3.39. The van der Waals surface area contributed by atoms with Gasteiger partial charge in [-0.25, -0.2) is 4.98 Å². The van der Waals surface area contributed by atoms with Crippen molar-refractivity contribution in [2.24, 2.45) is 0 Å². The quantitative estimate of drug-likeness (QED) is 0.733. The average Bonchev–Trinajstić information content (AvgIpc) is 2.67. The van der Waals surface area contributed by atoms with E-state index in [2.05, 4.69) is 4.98 Å². The average molecular weight is 243 g/mol. The van der Waals surface area contributed by atoms with Crippen LogP contribution < -0.4 is 0 Å². The van der Waals surface area contributed by atoms with Crippen LogP contribution in [0.4, 0.5) is 13.2 Å². The fourth-order valence-corrected chi connectivity index (χ4v) is 2.02. The molecule has 0 fully saturated rings. The molecule has 0 aliphatic heterocycles. The molecule has 0 aliphatic rings. The van der Waals surface area contributed by atoms with Crippen molar-refractivity contribution >= 4 is 11.3 Å². The van der Waals surface area contributed by atoms with Crippen molar-refractivity contribution in [2.45, 2.75) is 13.1 Å². The highest BCUT2D eigenvalue weighted by Crippen LogP contribution is 2.36. The van der Waals surface area contributed by atoms with Crippen LogP contribution in [0.1, 0.15) is 10.4 Å². The highest BCUT2D eigenvalue weighted by atomic mass is 32.1. The van der Waals surface area contributed by atoms with Crippen LogP contribution in [0.2, 0.25) is 0 Å². The van der Waals surface area contributed by atoms with Crippen molar-refractivity contribution in [3.05, 3.63) is 40.9 Å². The van der Waals surface area contributed by atoms with E-state index in [1.165, 1.54) is 0 Å². The fourth-order valence-electron chi connectivity index (χ4n) is 1.23. The van der Waals surface area contributed by atoms with Crippen LogP contribution in [0.15, 0.2) is 30.5 Å². The topological polar surface area (TPSA) is 12.9 Å². The van der Waals surface area contributed by atoms with Gasteiger partial charge in [0.1, 0.15) is 9.88 Å². The van der Waals surface area contributed by atoms with Crippen molar-refractivity contribution in [3.63, 3.8) is 0 Å². The first-order chi connectivity index (χ1) is 7.47. The largest absolute Gasteiger partial charge is 0.427 e. The van der Waals surface area contributed by atoms with E-state index in [0.29, 0.717) is 21.9 Å². The van der Waals surface area contributed by atoms with E-state index in [0.717, 1.165) is 11.8 Å². The Morgan fingerprint density at radius 3 is 2.25 bits per heavy atom. The minimum absolute atomic E-state index is 0.396. The number of rotatable bonds is 1. The zero-order chi connectivity index (χ0) is 11.8. The number of alkyl halides is 3. The normalized spacial score (nSPS) is 11.8. The van der Waals surface area contributed by atoms with Gasteiger partial charge in [0.25, 0.3) is 0 Å². The lowest BCUT2D eigenvalue weighted by Gasteiger charge is -2.00. The Hall–Kier alpha value is -1.36. The summed E-state index contributed by atoms with van der Waals surface area (Å²) in [5, 5.41) is 0.396. The molecule has 0 amide bonds. The van der Waals surface area contributed by atoms with E-state index in [1.807, 2.05) is 19.1 Å². The van der Waals surface area contributed by atoms with Crippen LogP contribution in [-0.4, -0.2) is 4.98 Å². The van der Waals surface area contributed by atoms with Crippen LogP contribution in [0.25, 0.3) is 10.6 Å². The summed E-state index contributed by atoms with van der Waals surface area (Å²) in [5.74, 6) is 0. The van der Waals surface area contributed by atoms with Crippen LogP contribution in [0.5, 0.6) is 0 Å². The number of nitrogens with zero attached hydrogens (tertiary/aromatic N) is 1. The molecule has 1 nitrogen and oxygen atoms in total. The lowest BCUT2D eigenvalue weighted by molar-refractivity contribution is -0.134. The second kappa shape index (κ2) is 3.90. The van der Waals surface area contributed by atoms with Gasteiger partial charge in [-0.15, -0.1) is 11.3 Å². The Morgan fingerprint density at radius 2 is 1.75 bits per heavy atom. The van der Waals surface area contributed by atoms with Gasteiger partial charge in [-0.3, -0.25) is 0 Å². The summed E-state index contributed by atoms with van der Waals surface area (Å²) in [6, 6.07) is 7.25. The smallest absolute Gasteiger partial charge is 0.244 e. The maximum atomic E-state index is 12.4. The molecule has 5 heteroatoms. The molecule has 0 saturated heterocycles. The van der Waals surface area contributed by atoms with Gasteiger partial charge in [-0.2, -0.15) is 13.2 Å². The van der Waals surface area contributed by atoms with Gasteiger partial charge >= 0.3 is 6.18 Å². The monoisotopic (exact) mass is 243 g/mol. The van der Waals surface area contributed by atoms with Crippen molar-refractivity contribution in [2.75, 3.05) is 0 Å². The molecule has 84 valence electrons. The number of hydrogen-bond acceptors (Lipinski definition) is 2. The predicted octanol–water partition coefficient (Wildman–Crippen LogP) is 4.14. The van der Waals surface area contributed by atoms with Gasteiger partial charge in [0.15, 0.2) is 0 Å². The van der Waals surface area contributed by atoms with Crippen molar-refractivity contribution in [1.29, 1.82) is 0 Å². The minimum Gasteiger partial charge on any atom is -0.244 e. The molecule has 0 N–H and O–H groups in total. The van der Waals surface area contributed by atoms with E-state index < -0.39 is 11.1 Å². The lowest BCUT2D eigenvalue weighted by Crippen LogP contribution is -2.00. The summed E-state index contributed by atoms with van der Waals surface area (Å²) in [4.78, 5) is 3.12. The van der Waals surface area contributed by atoms with E-state index >= 15 is 0 Å². The second-order valence-corrected chi connectivity index (χ2v) is 4.42. The Balaban J connectivity index is 2.35.